The van der Waals surface area contributed by atoms with Crippen LogP contribution in [0.25, 0.3) is 10.8 Å². The first-order valence-corrected chi connectivity index (χ1v) is 6.95. The molecule has 0 bridgehead atoms. The minimum atomic E-state index is -0.0877. The van der Waals surface area contributed by atoms with Crippen molar-refractivity contribution in [3.63, 3.8) is 0 Å². The summed E-state index contributed by atoms with van der Waals surface area (Å²) in [5, 5.41) is 2.56. The Hall–Kier alpha value is -1.87. The first-order chi connectivity index (χ1) is 9.65. The van der Waals surface area contributed by atoms with Gasteiger partial charge < -0.3 is 4.74 Å². The fraction of sp³-hybridized carbons (Fsp3) is 0.353. The molecule has 2 aromatic carbocycles. The molecule has 20 heavy (non-hydrogen) atoms. The number of likely N-dealkylation sites (tertiary alicyclic amines) is 1. The summed E-state index contributed by atoms with van der Waals surface area (Å²) in [6, 6.07) is 13.1. The van der Waals surface area contributed by atoms with Gasteiger partial charge in [0.1, 0.15) is 0 Å². The van der Waals surface area contributed by atoms with Crippen LogP contribution < -0.4 is 0 Å². The topological polar surface area (TPSA) is 29.5 Å². The summed E-state index contributed by atoms with van der Waals surface area (Å²) in [5.74, 6) is -0.0293. The molecule has 0 amide bonds. The number of hydrogen-bond acceptors (Lipinski definition) is 3. The van der Waals surface area contributed by atoms with E-state index < -0.39 is 0 Å². The van der Waals surface area contributed by atoms with E-state index in [1.54, 1.807) is 0 Å². The Morgan fingerprint density at radius 3 is 2.65 bits per heavy atom. The third kappa shape index (κ3) is 2.54. The van der Waals surface area contributed by atoms with Gasteiger partial charge in [-0.25, -0.2) is 0 Å². The molecule has 0 atom stereocenters. The molecule has 3 nitrogen and oxygen atoms in total. The molecule has 0 spiro atoms. The van der Waals surface area contributed by atoms with Gasteiger partial charge in [0.25, 0.3) is 0 Å². The molecular formula is C17H19NO2. The number of rotatable bonds is 3. The predicted octanol–water partition coefficient (Wildman–Crippen LogP) is 2.75. The molecule has 1 fully saturated rings. The van der Waals surface area contributed by atoms with Gasteiger partial charge in [0.2, 0.25) is 0 Å². The van der Waals surface area contributed by atoms with E-state index in [1.807, 2.05) is 0 Å². The minimum absolute atomic E-state index is 0.0584. The molecule has 3 rings (SSSR count). The maximum Gasteiger partial charge on any atom is 0.311 e. The van der Waals surface area contributed by atoms with Crippen LogP contribution in [0.15, 0.2) is 36.4 Å². The lowest BCUT2D eigenvalue weighted by molar-refractivity contribution is -0.151. The number of carbonyl (C=O) groups is 1. The molecule has 0 unspecified atom stereocenters. The Labute approximate surface area is 119 Å². The molecule has 0 saturated carbocycles. The van der Waals surface area contributed by atoms with Gasteiger partial charge in [-0.1, -0.05) is 35.9 Å². The maximum absolute atomic E-state index is 11.3. The third-order valence-corrected chi connectivity index (χ3v) is 3.96. The number of benzene rings is 2. The number of carbonyl (C=O) groups excluding carboxylic acids is 1. The van der Waals surface area contributed by atoms with Crippen LogP contribution in [0.4, 0.5) is 0 Å². The van der Waals surface area contributed by atoms with Crippen molar-refractivity contribution in [3.05, 3.63) is 47.5 Å². The van der Waals surface area contributed by atoms with Crippen molar-refractivity contribution in [2.45, 2.75) is 13.5 Å². The minimum Gasteiger partial charge on any atom is -0.469 e. The normalized spacial score (nSPS) is 16.1. The Balaban J connectivity index is 1.67. The second-order valence-electron chi connectivity index (χ2n) is 5.60. The molecule has 0 radical (unpaired) electrons. The van der Waals surface area contributed by atoms with E-state index in [-0.39, 0.29) is 11.9 Å². The third-order valence-electron chi connectivity index (χ3n) is 3.96. The van der Waals surface area contributed by atoms with Gasteiger partial charge in [0.15, 0.2) is 0 Å². The van der Waals surface area contributed by atoms with Crippen LogP contribution in [0.5, 0.6) is 0 Å². The second kappa shape index (κ2) is 5.25. The zero-order valence-corrected chi connectivity index (χ0v) is 11.9. The van der Waals surface area contributed by atoms with Crippen molar-refractivity contribution in [1.82, 2.24) is 4.90 Å². The van der Waals surface area contributed by atoms with Gasteiger partial charge in [-0.15, -0.1) is 0 Å². The highest BCUT2D eigenvalue weighted by Gasteiger charge is 2.33. The van der Waals surface area contributed by atoms with E-state index in [9.17, 15) is 4.79 Å². The molecular weight excluding hydrogens is 250 g/mol. The van der Waals surface area contributed by atoms with Crippen LogP contribution >= 0.6 is 0 Å². The SMILES string of the molecule is COC(=O)C1CN(Cc2ccc3cc(C)ccc3c2)C1. The number of aryl methyl sites for hydroxylation is 1. The molecule has 0 aromatic heterocycles. The van der Waals surface area contributed by atoms with Crippen molar-refractivity contribution >= 4 is 16.7 Å². The van der Waals surface area contributed by atoms with Crippen molar-refractivity contribution < 1.29 is 9.53 Å². The lowest BCUT2D eigenvalue weighted by atomic mass is 9.98. The van der Waals surface area contributed by atoms with Crippen LogP contribution in [0.2, 0.25) is 0 Å². The van der Waals surface area contributed by atoms with Gasteiger partial charge in [0, 0.05) is 19.6 Å². The molecule has 1 aliphatic heterocycles. The van der Waals surface area contributed by atoms with E-state index in [0.717, 1.165) is 19.6 Å². The Morgan fingerprint density at radius 1 is 1.20 bits per heavy atom. The van der Waals surface area contributed by atoms with Crippen molar-refractivity contribution in [1.29, 1.82) is 0 Å². The summed E-state index contributed by atoms with van der Waals surface area (Å²) in [7, 11) is 1.45. The highest BCUT2D eigenvalue weighted by atomic mass is 16.5. The summed E-state index contributed by atoms with van der Waals surface area (Å²) < 4.78 is 4.76. The number of fused-ring (bicyclic) bond motifs is 1. The second-order valence-corrected chi connectivity index (χ2v) is 5.60. The van der Waals surface area contributed by atoms with E-state index in [0.29, 0.717) is 0 Å². The number of ether oxygens (including phenoxy) is 1. The highest BCUT2D eigenvalue weighted by Crippen LogP contribution is 2.22. The van der Waals surface area contributed by atoms with Crippen LogP contribution in [0.3, 0.4) is 0 Å². The molecule has 0 aliphatic carbocycles. The van der Waals surface area contributed by atoms with E-state index >= 15 is 0 Å². The smallest absolute Gasteiger partial charge is 0.311 e. The lowest BCUT2D eigenvalue weighted by Crippen LogP contribution is -2.49. The van der Waals surface area contributed by atoms with Gasteiger partial charge >= 0.3 is 5.97 Å². The van der Waals surface area contributed by atoms with E-state index in [4.69, 9.17) is 4.74 Å². The average molecular weight is 269 g/mol. The first kappa shape index (κ1) is 13.1. The predicted molar refractivity (Wildman–Crippen MR) is 79.5 cm³/mol. The van der Waals surface area contributed by atoms with Gasteiger partial charge in [-0.05, 0) is 29.3 Å². The van der Waals surface area contributed by atoms with Crippen LogP contribution in [0.1, 0.15) is 11.1 Å². The fourth-order valence-electron chi connectivity index (χ4n) is 2.79. The monoisotopic (exact) mass is 269 g/mol. The molecule has 0 N–H and O–H groups in total. The number of nitrogens with zero attached hydrogens (tertiary/aromatic N) is 1. The summed E-state index contributed by atoms with van der Waals surface area (Å²) >= 11 is 0. The Morgan fingerprint density at radius 2 is 1.90 bits per heavy atom. The Kier molecular flexibility index (Phi) is 3.45. The number of methoxy groups -OCH3 is 1. The van der Waals surface area contributed by atoms with E-state index in [1.165, 1.54) is 29.0 Å². The maximum atomic E-state index is 11.3. The largest absolute Gasteiger partial charge is 0.469 e. The number of esters is 1. The van der Waals surface area contributed by atoms with Gasteiger partial charge in [-0.3, -0.25) is 9.69 Å². The van der Waals surface area contributed by atoms with E-state index in [2.05, 4.69) is 48.2 Å². The quantitative estimate of drug-likeness (QED) is 0.802. The summed E-state index contributed by atoms with van der Waals surface area (Å²) in [6.45, 7) is 4.62. The van der Waals surface area contributed by atoms with Crippen LogP contribution in [0, 0.1) is 12.8 Å². The average Bonchev–Trinajstić information content (AvgIpc) is 2.41. The number of hydrogen-bond donors (Lipinski definition) is 0. The summed E-state index contributed by atoms with van der Waals surface area (Å²) in [6.07, 6.45) is 0. The van der Waals surface area contributed by atoms with Crippen molar-refractivity contribution in [2.75, 3.05) is 20.2 Å². The van der Waals surface area contributed by atoms with Gasteiger partial charge in [0.05, 0.1) is 13.0 Å². The molecule has 1 saturated heterocycles. The molecule has 104 valence electrons. The fourth-order valence-corrected chi connectivity index (χ4v) is 2.79. The van der Waals surface area contributed by atoms with Crippen LogP contribution in [-0.2, 0) is 16.1 Å². The molecule has 1 heterocycles. The van der Waals surface area contributed by atoms with Crippen molar-refractivity contribution in [2.24, 2.45) is 5.92 Å². The Bertz CT molecular complexity index is 644. The molecule has 3 heteroatoms. The zero-order chi connectivity index (χ0) is 14.1. The van der Waals surface area contributed by atoms with Gasteiger partial charge in [-0.2, -0.15) is 0 Å². The molecule has 1 aliphatic rings. The standard InChI is InChI=1S/C17H19NO2/c1-12-3-5-15-8-13(4-6-14(15)7-12)9-18-10-16(11-18)17(19)20-2/h3-8,16H,9-11H2,1-2H3. The van der Waals surface area contributed by atoms with Crippen molar-refractivity contribution in [3.8, 4) is 0 Å². The zero-order valence-electron chi connectivity index (χ0n) is 11.9. The van der Waals surface area contributed by atoms with Crippen LogP contribution in [-0.4, -0.2) is 31.1 Å². The lowest BCUT2D eigenvalue weighted by Gasteiger charge is -2.37. The first-order valence-electron chi connectivity index (χ1n) is 6.95. The highest BCUT2D eigenvalue weighted by molar-refractivity contribution is 5.83. The summed E-state index contributed by atoms with van der Waals surface area (Å²) in [4.78, 5) is 13.6. The summed E-state index contributed by atoms with van der Waals surface area (Å²) in [5.41, 5.74) is 2.58. The molecule has 2 aromatic rings.